The van der Waals surface area contributed by atoms with Gasteiger partial charge in [-0.05, 0) is 38.1 Å². The van der Waals surface area contributed by atoms with Crippen molar-refractivity contribution in [2.45, 2.75) is 13.8 Å². The molecule has 3 nitrogen and oxygen atoms in total. The van der Waals surface area contributed by atoms with Crippen molar-refractivity contribution < 1.29 is 14.3 Å². The van der Waals surface area contributed by atoms with E-state index in [1.807, 2.05) is 38.1 Å². The maximum atomic E-state index is 11.0. The topological polar surface area (TPSA) is 35.5 Å². The third-order valence-corrected chi connectivity index (χ3v) is 2.64. The summed E-state index contributed by atoms with van der Waals surface area (Å²) in [6.45, 7) is 4.47. The predicted octanol–water partition coefficient (Wildman–Crippen LogP) is 4.00. The molecule has 0 aliphatic carbocycles. The standard InChI is InChI=1S/C16H16O3/c1-3-18-14-5-4-6-15(10-14)19-16-8-7-12(2)9-13(16)11-17/h4-11H,3H2,1-2H3. The number of hydrogen-bond acceptors (Lipinski definition) is 3. The Hall–Kier alpha value is -2.29. The molecule has 0 spiro atoms. The van der Waals surface area contributed by atoms with Crippen LogP contribution in [0.3, 0.4) is 0 Å². The smallest absolute Gasteiger partial charge is 0.153 e. The van der Waals surface area contributed by atoms with Gasteiger partial charge in [0.15, 0.2) is 6.29 Å². The lowest BCUT2D eigenvalue weighted by atomic mass is 10.1. The van der Waals surface area contributed by atoms with Crippen LogP contribution in [0.2, 0.25) is 0 Å². The normalized spacial score (nSPS) is 10.0. The first-order valence-electron chi connectivity index (χ1n) is 6.19. The van der Waals surface area contributed by atoms with E-state index in [1.54, 1.807) is 18.2 Å². The van der Waals surface area contributed by atoms with Gasteiger partial charge in [0, 0.05) is 6.07 Å². The third-order valence-electron chi connectivity index (χ3n) is 2.64. The van der Waals surface area contributed by atoms with E-state index in [0.717, 1.165) is 17.6 Å². The lowest BCUT2D eigenvalue weighted by Gasteiger charge is -2.10. The van der Waals surface area contributed by atoms with Gasteiger partial charge in [0.2, 0.25) is 0 Å². The molecule has 19 heavy (non-hydrogen) atoms. The third kappa shape index (κ3) is 3.35. The van der Waals surface area contributed by atoms with Crippen LogP contribution in [0.1, 0.15) is 22.8 Å². The Kier molecular flexibility index (Phi) is 4.18. The monoisotopic (exact) mass is 256 g/mol. The van der Waals surface area contributed by atoms with Crippen molar-refractivity contribution >= 4 is 6.29 Å². The van der Waals surface area contributed by atoms with Crippen LogP contribution in [0.25, 0.3) is 0 Å². The fourth-order valence-electron chi connectivity index (χ4n) is 1.77. The van der Waals surface area contributed by atoms with E-state index in [-0.39, 0.29) is 0 Å². The minimum Gasteiger partial charge on any atom is -0.494 e. The van der Waals surface area contributed by atoms with E-state index in [9.17, 15) is 4.79 Å². The van der Waals surface area contributed by atoms with Gasteiger partial charge in [0.1, 0.15) is 17.2 Å². The Morgan fingerprint density at radius 3 is 2.63 bits per heavy atom. The number of hydrogen-bond donors (Lipinski definition) is 0. The Morgan fingerprint density at radius 2 is 1.89 bits per heavy atom. The number of ether oxygens (including phenoxy) is 2. The summed E-state index contributed by atoms with van der Waals surface area (Å²) < 4.78 is 11.1. The molecule has 98 valence electrons. The molecule has 2 rings (SSSR count). The highest BCUT2D eigenvalue weighted by Gasteiger charge is 2.05. The predicted molar refractivity (Wildman–Crippen MR) is 74.3 cm³/mol. The zero-order valence-corrected chi connectivity index (χ0v) is 11.1. The fourth-order valence-corrected chi connectivity index (χ4v) is 1.77. The summed E-state index contributed by atoms with van der Waals surface area (Å²) in [5.74, 6) is 1.95. The van der Waals surface area contributed by atoms with Gasteiger partial charge < -0.3 is 9.47 Å². The van der Waals surface area contributed by atoms with Crippen LogP contribution in [0, 0.1) is 6.92 Å². The molecule has 0 saturated carbocycles. The van der Waals surface area contributed by atoms with Crippen molar-refractivity contribution in [3.8, 4) is 17.2 Å². The average molecular weight is 256 g/mol. The summed E-state index contributed by atoms with van der Waals surface area (Å²) in [5.41, 5.74) is 1.57. The van der Waals surface area contributed by atoms with Crippen LogP contribution in [0.15, 0.2) is 42.5 Å². The van der Waals surface area contributed by atoms with Crippen molar-refractivity contribution in [3.63, 3.8) is 0 Å². The quantitative estimate of drug-likeness (QED) is 0.758. The number of carbonyl (C=O) groups is 1. The first-order chi connectivity index (χ1) is 9.22. The minimum absolute atomic E-state index is 0.543. The number of aryl methyl sites for hydroxylation is 1. The van der Waals surface area contributed by atoms with Gasteiger partial charge in [-0.15, -0.1) is 0 Å². The second-order valence-electron chi connectivity index (χ2n) is 4.17. The van der Waals surface area contributed by atoms with Crippen molar-refractivity contribution in [2.75, 3.05) is 6.61 Å². The van der Waals surface area contributed by atoms with E-state index < -0.39 is 0 Å². The van der Waals surface area contributed by atoms with Crippen LogP contribution in [0.4, 0.5) is 0 Å². The molecule has 0 atom stereocenters. The molecule has 2 aromatic rings. The number of aldehydes is 1. The fraction of sp³-hybridized carbons (Fsp3) is 0.188. The Labute approximate surface area is 112 Å². The van der Waals surface area contributed by atoms with Crippen molar-refractivity contribution in [1.82, 2.24) is 0 Å². The molecule has 0 heterocycles. The van der Waals surface area contributed by atoms with Crippen molar-refractivity contribution in [2.24, 2.45) is 0 Å². The van der Waals surface area contributed by atoms with Gasteiger partial charge in [-0.3, -0.25) is 4.79 Å². The lowest BCUT2D eigenvalue weighted by Crippen LogP contribution is -1.93. The first-order valence-corrected chi connectivity index (χ1v) is 6.19. The molecule has 0 amide bonds. The van der Waals surface area contributed by atoms with Gasteiger partial charge in [-0.25, -0.2) is 0 Å². The molecule has 0 N–H and O–H groups in total. The number of rotatable bonds is 5. The van der Waals surface area contributed by atoms with Crippen LogP contribution in [-0.2, 0) is 0 Å². The Balaban J connectivity index is 2.25. The Bertz CT molecular complexity index is 576. The second-order valence-corrected chi connectivity index (χ2v) is 4.17. The zero-order chi connectivity index (χ0) is 13.7. The van der Waals surface area contributed by atoms with E-state index in [2.05, 4.69) is 0 Å². The molecule has 0 aromatic heterocycles. The number of benzene rings is 2. The molecule has 0 aliphatic heterocycles. The summed E-state index contributed by atoms with van der Waals surface area (Å²) in [4.78, 5) is 11.0. The highest BCUT2D eigenvalue weighted by molar-refractivity contribution is 5.79. The Morgan fingerprint density at radius 1 is 1.11 bits per heavy atom. The van der Waals surface area contributed by atoms with E-state index >= 15 is 0 Å². The van der Waals surface area contributed by atoms with Gasteiger partial charge in [-0.2, -0.15) is 0 Å². The van der Waals surface area contributed by atoms with Crippen LogP contribution in [0.5, 0.6) is 17.2 Å². The molecule has 0 saturated heterocycles. The molecule has 0 radical (unpaired) electrons. The summed E-state index contributed by atoms with van der Waals surface area (Å²) in [6, 6.07) is 12.9. The molecule has 3 heteroatoms. The van der Waals surface area contributed by atoms with E-state index in [1.165, 1.54) is 0 Å². The largest absolute Gasteiger partial charge is 0.494 e. The van der Waals surface area contributed by atoms with E-state index in [4.69, 9.17) is 9.47 Å². The van der Waals surface area contributed by atoms with Crippen molar-refractivity contribution in [3.05, 3.63) is 53.6 Å². The van der Waals surface area contributed by atoms with Gasteiger partial charge in [-0.1, -0.05) is 17.7 Å². The van der Waals surface area contributed by atoms with Gasteiger partial charge in [0.05, 0.1) is 12.2 Å². The van der Waals surface area contributed by atoms with Crippen LogP contribution >= 0.6 is 0 Å². The van der Waals surface area contributed by atoms with E-state index in [0.29, 0.717) is 23.7 Å². The second kappa shape index (κ2) is 6.05. The van der Waals surface area contributed by atoms with Gasteiger partial charge in [0.25, 0.3) is 0 Å². The van der Waals surface area contributed by atoms with Gasteiger partial charge >= 0.3 is 0 Å². The molecular formula is C16H16O3. The summed E-state index contributed by atoms with van der Waals surface area (Å²) in [7, 11) is 0. The zero-order valence-electron chi connectivity index (χ0n) is 11.1. The molecule has 2 aromatic carbocycles. The highest BCUT2D eigenvalue weighted by Crippen LogP contribution is 2.27. The molecular weight excluding hydrogens is 240 g/mol. The number of carbonyl (C=O) groups excluding carboxylic acids is 1. The SMILES string of the molecule is CCOc1cccc(Oc2ccc(C)cc2C=O)c1. The van der Waals surface area contributed by atoms with Crippen LogP contribution < -0.4 is 9.47 Å². The molecule has 0 aliphatic rings. The lowest BCUT2D eigenvalue weighted by molar-refractivity contribution is 0.112. The van der Waals surface area contributed by atoms with Crippen LogP contribution in [-0.4, -0.2) is 12.9 Å². The highest BCUT2D eigenvalue weighted by atomic mass is 16.5. The molecule has 0 fully saturated rings. The van der Waals surface area contributed by atoms with Crippen molar-refractivity contribution in [1.29, 1.82) is 0 Å². The minimum atomic E-state index is 0.543. The maximum Gasteiger partial charge on any atom is 0.153 e. The summed E-state index contributed by atoms with van der Waals surface area (Å²) >= 11 is 0. The summed E-state index contributed by atoms with van der Waals surface area (Å²) in [5, 5.41) is 0. The maximum absolute atomic E-state index is 11.0. The average Bonchev–Trinajstić information content (AvgIpc) is 2.41. The summed E-state index contributed by atoms with van der Waals surface area (Å²) in [6.07, 6.45) is 0.800. The molecule has 0 bridgehead atoms. The first kappa shape index (κ1) is 13.1. The molecule has 0 unspecified atom stereocenters.